The lowest BCUT2D eigenvalue weighted by atomic mass is 9.92. The van der Waals surface area contributed by atoms with Crippen LogP contribution in [0.5, 0.6) is 0 Å². The molecular formula is C18H24N4O2. The first-order valence-corrected chi connectivity index (χ1v) is 8.47. The minimum atomic E-state index is -0.202. The van der Waals surface area contributed by atoms with Crippen molar-refractivity contribution in [2.24, 2.45) is 7.05 Å². The number of carbonyl (C=O) groups is 1. The van der Waals surface area contributed by atoms with E-state index >= 15 is 0 Å². The molecule has 1 saturated heterocycles. The van der Waals surface area contributed by atoms with Crippen LogP contribution >= 0.6 is 0 Å². The second-order valence-corrected chi connectivity index (χ2v) is 6.22. The van der Waals surface area contributed by atoms with E-state index < -0.39 is 0 Å². The molecule has 128 valence electrons. The van der Waals surface area contributed by atoms with Gasteiger partial charge >= 0.3 is 0 Å². The Morgan fingerprint density at radius 3 is 2.83 bits per heavy atom. The standard InChI is InChI=1S/C18H24N4O2/c1-3-14(15-7-5-4-6-8-15)11-17(23)22-9-10-24-16(12-22)18-20-19-13-21(18)2/h4-8,13-14,16H,3,9-12H2,1-2H3. The van der Waals surface area contributed by atoms with Crippen LogP contribution in [-0.2, 0) is 16.6 Å². The highest BCUT2D eigenvalue weighted by atomic mass is 16.5. The van der Waals surface area contributed by atoms with Gasteiger partial charge in [-0.3, -0.25) is 4.79 Å². The van der Waals surface area contributed by atoms with Crippen molar-refractivity contribution in [3.63, 3.8) is 0 Å². The summed E-state index contributed by atoms with van der Waals surface area (Å²) in [7, 11) is 1.89. The van der Waals surface area contributed by atoms with Crippen molar-refractivity contribution in [1.29, 1.82) is 0 Å². The maximum absolute atomic E-state index is 12.8. The van der Waals surface area contributed by atoms with Gasteiger partial charge in [0.05, 0.1) is 13.2 Å². The lowest BCUT2D eigenvalue weighted by Gasteiger charge is -2.33. The molecular weight excluding hydrogens is 304 g/mol. The van der Waals surface area contributed by atoms with E-state index in [1.54, 1.807) is 6.33 Å². The molecule has 1 aliphatic rings. The fourth-order valence-corrected chi connectivity index (χ4v) is 3.18. The fraction of sp³-hybridized carbons (Fsp3) is 0.500. The Balaban J connectivity index is 1.65. The lowest BCUT2D eigenvalue weighted by Crippen LogP contribution is -2.43. The maximum Gasteiger partial charge on any atom is 0.223 e. The topological polar surface area (TPSA) is 60.3 Å². The number of hydrogen-bond donors (Lipinski definition) is 0. The SMILES string of the molecule is CCC(CC(=O)N1CCOC(c2nncn2C)C1)c1ccccc1. The number of carbonyl (C=O) groups excluding carboxylic acids is 1. The number of morpholine rings is 1. The van der Waals surface area contributed by atoms with Gasteiger partial charge in [-0.1, -0.05) is 37.3 Å². The van der Waals surface area contributed by atoms with Crippen LogP contribution in [-0.4, -0.2) is 45.3 Å². The number of hydrogen-bond acceptors (Lipinski definition) is 4. The first kappa shape index (κ1) is 16.6. The van der Waals surface area contributed by atoms with Crippen molar-refractivity contribution in [3.05, 3.63) is 48.0 Å². The summed E-state index contributed by atoms with van der Waals surface area (Å²) < 4.78 is 7.63. The summed E-state index contributed by atoms with van der Waals surface area (Å²) in [4.78, 5) is 14.7. The van der Waals surface area contributed by atoms with Crippen LogP contribution in [0.15, 0.2) is 36.7 Å². The summed E-state index contributed by atoms with van der Waals surface area (Å²) in [6, 6.07) is 10.3. The molecule has 0 radical (unpaired) electrons. The maximum atomic E-state index is 12.8. The van der Waals surface area contributed by atoms with Crippen LogP contribution in [0.4, 0.5) is 0 Å². The molecule has 0 aliphatic carbocycles. The molecule has 2 aromatic rings. The molecule has 0 spiro atoms. The van der Waals surface area contributed by atoms with Crippen LogP contribution < -0.4 is 0 Å². The molecule has 1 amide bonds. The Kier molecular flexibility index (Phi) is 5.25. The molecule has 0 N–H and O–H groups in total. The zero-order valence-corrected chi connectivity index (χ0v) is 14.3. The normalized spacial score (nSPS) is 19.2. The summed E-state index contributed by atoms with van der Waals surface area (Å²) in [6.45, 7) is 3.84. The molecule has 6 heteroatoms. The van der Waals surface area contributed by atoms with Crippen LogP contribution in [0.3, 0.4) is 0 Å². The van der Waals surface area contributed by atoms with Gasteiger partial charge in [-0.25, -0.2) is 0 Å². The van der Waals surface area contributed by atoms with Crippen molar-refractivity contribution in [2.75, 3.05) is 19.7 Å². The van der Waals surface area contributed by atoms with E-state index in [4.69, 9.17) is 4.74 Å². The van der Waals surface area contributed by atoms with Gasteiger partial charge in [0.25, 0.3) is 0 Å². The number of nitrogens with zero attached hydrogens (tertiary/aromatic N) is 4. The fourth-order valence-electron chi connectivity index (χ4n) is 3.18. The van der Waals surface area contributed by atoms with Gasteiger partial charge in [0.1, 0.15) is 12.4 Å². The summed E-state index contributed by atoms with van der Waals surface area (Å²) in [5.74, 6) is 1.21. The molecule has 24 heavy (non-hydrogen) atoms. The Bertz CT molecular complexity index is 671. The third kappa shape index (κ3) is 3.64. The molecule has 0 bridgehead atoms. The van der Waals surface area contributed by atoms with E-state index in [-0.39, 0.29) is 17.9 Å². The highest BCUT2D eigenvalue weighted by molar-refractivity contribution is 5.77. The van der Waals surface area contributed by atoms with Crippen LogP contribution in [0, 0.1) is 0 Å². The molecule has 2 heterocycles. The number of ether oxygens (including phenoxy) is 1. The predicted molar refractivity (Wildman–Crippen MR) is 90.4 cm³/mol. The molecule has 2 unspecified atom stereocenters. The van der Waals surface area contributed by atoms with Crippen molar-refractivity contribution >= 4 is 5.91 Å². The third-order valence-corrected chi connectivity index (χ3v) is 4.64. The Labute approximate surface area is 142 Å². The molecule has 1 aromatic carbocycles. The summed E-state index contributed by atoms with van der Waals surface area (Å²) in [6.07, 6.45) is 2.94. The zero-order valence-electron chi connectivity index (χ0n) is 14.3. The van der Waals surface area contributed by atoms with Crippen molar-refractivity contribution < 1.29 is 9.53 Å². The second-order valence-electron chi connectivity index (χ2n) is 6.22. The van der Waals surface area contributed by atoms with Gasteiger partial charge in [-0.2, -0.15) is 0 Å². The van der Waals surface area contributed by atoms with Crippen molar-refractivity contribution in [1.82, 2.24) is 19.7 Å². The van der Waals surface area contributed by atoms with Crippen LogP contribution in [0.2, 0.25) is 0 Å². The van der Waals surface area contributed by atoms with Gasteiger partial charge in [-0.05, 0) is 17.9 Å². The Morgan fingerprint density at radius 2 is 2.17 bits per heavy atom. The molecule has 6 nitrogen and oxygen atoms in total. The second kappa shape index (κ2) is 7.57. The Morgan fingerprint density at radius 1 is 1.38 bits per heavy atom. The van der Waals surface area contributed by atoms with Crippen molar-refractivity contribution in [2.45, 2.75) is 31.8 Å². The number of rotatable bonds is 5. The van der Waals surface area contributed by atoms with Gasteiger partial charge in [0, 0.05) is 20.0 Å². The lowest BCUT2D eigenvalue weighted by molar-refractivity contribution is -0.139. The monoisotopic (exact) mass is 328 g/mol. The number of aryl methyl sites for hydroxylation is 1. The average molecular weight is 328 g/mol. The molecule has 3 rings (SSSR count). The minimum Gasteiger partial charge on any atom is -0.366 e. The summed E-state index contributed by atoms with van der Waals surface area (Å²) in [5, 5.41) is 8.01. The molecule has 1 aromatic heterocycles. The zero-order chi connectivity index (χ0) is 16.9. The highest BCUT2D eigenvalue weighted by Gasteiger charge is 2.29. The van der Waals surface area contributed by atoms with Gasteiger partial charge in [-0.15, -0.1) is 10.2 Å². The largest absolute Gasteiger partial charge is 0.366 e. The summed E-state index contributed by atoms with van der Waals surface area (Å²) >= 11 is 0. The molecule has 1 aliphatic heterocycles. The Hall–Kier alpha value is -2.21. The minimum absolute atomic E-state index is 0.182. The van der Waals surface area contributed by atoms with Gasteiger partial charge < -0.3 is 14.2 Å². The number of amides is 1. The van der Waals surface area contributed by atoms with Gasteiger partial charge in [0.15, 0.2) is 5.82 Å². The molecule has 1 fully saturated rings. The first-order valence-electron chi connectivity index (χ1n) is 8.47. The third-order valence-electron chi connectivity index (χ3n) is 4.64. The smallest absolute Gasteiger partial charge is 0.223 e. The quantitative estimate of drug-likeness (QED) is 0.845. The van der Waals surface area contributed by atoms with E-state index in [9.17, 15) is 4.79 Å². The number of benzene rings is 1. The molecule has 0 saturated carbocycles. The van der Waals surface area contributed by atoms with E-state index in [0.717, 1.165) is 12.2 Å². The van der Waals surface area contributed by atoms with Crippen molar-refractivity contribution in [3.8, 4) is 0 Å². The average Bonchev–Trinajstić information content (AvgIpc) is 3.06. The summed E-state index contributed by atoms with van der Waals surface area (Å²) in [5.41, 5.74) is 1.23. The van der Waals surface area contributed by atoms with Crippen LogP contribution in [0.1, 0.15) is 43.2 Å². The van der Waals surface area contributed by atoms with E-state index in [1.165, 1.54) is 5.56 Å². The van der Waals surface area contributed by atoms with E-state index in [2.05, 4.69) is 29.3 Å². The van der Waals surface area contributed by atoms with Crippen LogP contribution in [0.25, 0.3) is 0 Å². The van der Waals surface area contributed by atoms with E-state index in [1.807, 2.05) is 34.7 Å². The van der Waals surface area contributed by atoms with E-state index in [0.29, 0.717) is 26.1 Å². The highest BCUT2D eigenvalue weighted by Crippen LogP contribution is 2.26. The number of aromatic nitrogens is 3. The van der Waals surface area contributed by atoms with Gasteiger partial charge in [0.2, 0.25) is 5.91 Å². The molecule has 2 atom stereocenters. The first-order chi connectivity index (χ1) is 11.7. The predicted octanol–water partition coefficient (Wildman–Crippen LogP) is 2.30.